The van der Waals surface area contributed by atoms with Gasteiger partial charge in [-0.3, -0.25) is 4.98 Å². The van der Waals surface area contributed by atoms with Gasteiger partial charge in [0.15, 0.2) is 0 Å². The molecule has 0 fully saturated rings. The van der Waals surface area contributed by atoms with Crippen molar-refractivity contribution in [3.05, 3.63) is 48.1 Å². The lowest BCUT2D eigenvalue weighted by Crippen LogP contribution is -2.19. The highest BCUT2D eigenvalue weighted by atomic mass is 16.3. The molecule has 3 rings (SSSR count). The van der Waals surface area contributed by atoms with Crippen LogP contribution in [0.3, 0.4) is 0 Å². The molecule has 6 nitrogen and oxygen atoms in total. The van der Waals surface area contributed by atoms with Crippen molar-refractivity contribution in [1.29, 1.82) is 0 Å². The van der Waals surface area contributed by atoms with Gasteiger partial charge in [-0.15, -0.1) is 0 Å². The maximum absolute atomic E-state index is 9.86. The predicted octanol–water partition coefficient (Wildman–Crippen LogP) is 3.10. The molecule has 0 atom stereocenters. The smallest absolute Gasteiger partial charge is 0.128 e. The third kappa shape index (κ3) is 4.39. The molecule has 0 saturated heterocycles. The SMILES string of the molecule is CC(C)n1cnc2cnc(Cc3ccnc(CCC(C)(C)O)n3)cc21. The van der Waals surface area contributed by atoms with Crippen LogP contribution in [0.5, 0.6) is 0 Å². The molecule has 3 aromatic rings. The highest BCUT2D eigenvalue weighted by Gasteiger charge is 2.14. The van der Waals surface area contributed by atoms with Crippen molar-refractivity contribution < 1.29 is 5.11 Å². The summed E-state index contributed by atoms with van der Waals surface area (Å²) in [6.45, 7) is 7.88. The van der Waals surface area contributed by atoms with E-state index in [-0.39, 0.29) is 0 Å². The van der Waals surface area contributed by atoms with Gasteiger partial charge in [0.2, 0.25) is 0 Å². The van der Waals surface area contributed by atoms with Crippen LogP contribution in [0.2, 0.25) is 0 Å². The number of hydrogen-bond donors (Lipinski definition) is 1. The van der Waals surface area contributed by atoms with E-state index in [1.807, 2.05) is 18.6 Å². The molecule has 0 aliphatic rings. The zero-order valence-electron chi connectivity index (χ0n) is 15.3. The topological polar surface area (TPSA) is 76.7 Å². The number of nitrogens with zero attached hydrogens (tertiary/aromatic N) is 5. The van der Waals surface area contributed by atoms with E-state index in [0.717, 1.165) is 28.2 Å². The Bertz CT molecular complexity index is 864. The summed E-state index contributed by atoms with van der Waals surface area (Å²) in [5.74, 6) is 0.757. The van der Waals surface area contributed by atoms with Gasteiger partial charge < -0.3 is 9.67 Å². The lowest BCUT2D eigenvalue weighted by molar-refractivity contribution is 0.0708. The van der Waals surface area contributed by atoms with Gasteiger partial charge in [0, 0.05) is 30.8 Å². The second kappa shape index (κ2) is 6.88. The summed E-state index contributed by atoms with van der Waals surface area (Å²) in [4.78, 5) is 17.8. The molecule has 0 spiro atoms. The molecule has 3 heterocycles. The van der Waals surface area contributed by atoms with E-state index in [0.29, 0.717) is 25.3 Å². The zero-order valence-corrected chi connectivity index (χ0v) is 15.3. The fourth-order valence-electron chi connectivity index (χ4n) is 2.74. The second-order valence-electron chi connectivity index (χ2n) is 7.36. The number of rotatable bonds is 6. The van der Waals surface area contributed by atoms with Gasteiger partial charge in [0.25, 0.3) is 0 Å². The molecule has 0 aliphatic carbocycles. The summed E-state index contributed by atoms with van der Waals surface area (Å²) in [6, 6.07) is 4.35. The number of aliphatic hydroxyl groups is 1. The van der Waals surface area contributed by atoms with Gasteiger partial charge in [-0.05, 0) is 46.2 Å². The van der Waals surface area contributed by atoms with E-state index in [4.69, 9.17) is 0 Å². The minimum Gasteiger partial charge on any atom is -0.390 e. The van der Waals surface area contributed by atoms with E-state index in [1.165, 1.54) is 0 Å². The van der Waals surface area contributed by atoms with Gasteiger partial charge in [-0.1, -0.05) is 0 Å². The first-order valence-electron chi connectivity index (χ1n) is 8.66. The van der Waals surface area contributed by atoms with E-state index in [9.17, 15) is 5.11 Å². The van der Waals surface area contributed by atoms with Crippen molar-refractivity contribution in [2.45, 2.75) is 58.6 Å². The number of aryl methyl sites for hydroxylation is 1. The van der Waals surface area contributed by atoms with Crippen molar-refractivity contribution in [3.63, 3.8) is 0 Å². The van der Waals surface area contributed by atoms with Crippen molar-refractivity contribution in [2.75, 3.05) is 0 Å². The summed E-state index contributed by atoms with van der Waals surface area (Å²) >= 11 is 0. The van der Waals surface area contributed by atoms with Crippen molar-refractivity contribution in [2.24, 2.45) is 0 Å². The number of pyridine rings is 1. The molecule has 3 aromatic heterocycles. The largest absolute Gasteiger partial charge is 0.390 e. The van der Waals surface area contributed by atoms with Crippen LogP contribution in [0.15, 0.2) is 30.9 Å². The fourth-order valence-corrected chi connectivity index (χ4v) is 2.74. The van der Waals surface area contributed by atoms with Gasteiger partial charge in [-0.25, -0.2) is 15.0 Å². The highest BCUT2D eigenvalue weighted by Crippen LogP contribution is 2.19. The zero-order chi connectivity index (χ0) is 18.0. The first-order chi connectivity index (χ1) is 11.8. The summed E-state index contributed by atoms with van der Waals surface area (Å²) in [5, 5.41) is 9.86. The molecule has 0 saturated carbocycles. The summed E-state index contributed by atoms with van der Waals surface area (Å²) < 4.78 is 2.15. The number of fused-ring (bicyclic) bond motifs is 1. The Hall–Kier alpha value is -2.34. The van der Waals surface area contributed by atoms with E-state index in [1.54, 1.807) is 20.0 Å². The van der Waals surface area contributed by atoms with Crippen LogP contribution < -0.4 is 0 Å². The second-order valence-corrected chi connectivity index (χ2v) is 7.36. The Morgan fingerprint density at radius 3 is 2.68 bits per heavy atom. The quantitative estimate of drug-likeness (QED) is 0.747. The predicted molar refractivity (Wildman–Crippen MR) is 97.4 cm³/mol. The molecule has 25 heavy (non-hydrogen) atoms. The Morgan fingerprint density at radius 1 is 1.16 bits per heavy atom. The standard InChI is InChI=1S/C19H25N5O/c1-13(2)24-12-22-16-11-21-15(10-17(16)24)9-14-6-8-20-18(23-14)5-7-19(3,4)25/h6,8,10-13,25H,5,7,9H2,1-4H3. The summed E-state index contributed by atoms with van der Waals surface area (Å²) in [5.41, 5.74) is 3.19. The fraction of sp³-hybridized carbons (Fsp3) is 0.474. The Labute approximate surface area is 148 Å². The minimum absolute atomic E-state index is 0.354. The van der Waals surface area contributed by atoms with Crippen LogP contribution in [0.4, 0.5) is 0 Å². The van der Waals surface area contributed by atoms with Crippen LogP contribution in [-0.2, 0) is 12.8 Å². The highest BCUT2D eigenvalue weighted by molar-refractivity contribution is 5.74. The lowest BCUT2D eigenvalue weighted by atomic mass is 10.0. The van der Waals surface area contributed by atoms with E-state index < -0.39 is 5.60 Å². The molecular weight excluding hydrogens is 314 g/mol. The van der Waals surface area contributed by atoms with Crippen LogP contribution in [-0.4, -0.2) is 35.2 Å². The number of hydrogen-bond acceptors (Lipinski definition) is 5. The Morgan fingerprint density at radius 2 is 1.96 bits per heavy atom. The number of imidazole rings is 1. The molecule has 6 heteroatoms. The molecule has 0 aliphatic heterocycles. The molecule has 0 radical (unpaired) electrons. The minimum atomic E-state index is -0.707. The van der Waals surface area contributed by atoms with Crippen LogP contribution in [0.25, 0.3) is 11.0 Å². The van der Waals surface area contributed by atoms with E-state index in [2.05, 4.69) is 44.4 Å². The van der Waals surface area contributed by atoms with Gasteiger partial charge in [-0.2, -0.15) is 0 Å². The molecule has 0 unspecified atom stereocenters. The van der Waals surface area contributed by atoms with Gasteiger partial charge >= 0.3 is 0 Å². The third-order valence-corrected chi connectivity index (χ3v) is 4.16. The van der Waals surface area contributed by atoms with Crippen molar-refractivity contribution in [1.82, 2.24) is 24.5 Å². The molecule has 132 valence electrons. The molecule has 1 N–H and O–H groups in total. The summed E-state index contributed by atoms with van der Waals surface area (Å²) in [6.07, 6.45) is 7.40. The summed E-state index contributed by atoms with van der Waals surface area (Å²) in [7, 11) is 0. The van der Waals surface area contributed by atoms with Crippen molar-refractivity contribution in [3.8, 4) is 0 Å². The monoisotopic (exact) mass is 339 g/mol. The lowest BCUT2D eigenvalue weighted by Gasteiger charge is -2.15. The first kappa shape index (κ1) is 17.5. The van der Waals surface area contributed by atoms with Crippen LogP contribution >= 0.6 is 0 Å². The molecule has 0 bridgehead atoms. The Kier molecular flexibility index (Phi) is 4.81. The third-order valence-electron chi connectivity index (χ3n) is 4.16. The number of aromatic nitrogens is 5. The molecule has 0 aromatic carbocycles. The molecular formula is C19H25N5O. The maximum atomic E-state index is 9.86. The average molecular weight is 339 g/mol. The van der Waals surface area contributed by atoms with Crippen LogP contribution in [0.1, 0.15) is 57.4 Å². The average Bonchev–Trinajstić information content (AvgIpc) is 2.96. The maximum Gasteiger partial charge on any atom is 0.128 e. The first-order valence-corrected chi connectivity index (χ1v) is 8.66. The van der Waals surface area contributed by atoms with Crippen molar-refractivity contribution >= 4 is 11.0 Å². The van der Waals surface area contributed by atoms with E-state index >= 15 is 0 Å². The molecule has 0 amide bonds. The normalized spacial score (nSPS) is 12.2. The van der Waals surface area contributed by atoms with Crippen LogP contribution in [0, 0.1) is 0 Å². The van der Waals surface area contributed by atoms with Gasteiger partial charge in [0.1, 0.15) is 11.3 Å². The van der Waals surface area contributed by atoms with Gasteiger partial charge in [0.05, 0.1) is 29.3 Å². The Balaban J connectivity index is 1.80.